The first-order valence-electron chi connectivity index (χ1n) is 10.1. The van der Waals surface area contributed by atoms with Crippen molar-refractivity contribution in [2.75, 3.05) is 31.5 Å². The van der Waals surface area contributed by atoms with Crippen LogP contribution in [0.3, 0.4) is 0 Å². The van der Waals surface area contributed by atoms with Gasteiger partial charge in [0, 0.05) is 37.4 Å². The van der Waals surface area contributed by atoms with E-state index in [1.807, 2.05) is 42.5 Å². The molecule has 0 fully saturated rings. The SMILES string of the molecule is COCC(=O)Nc1cccc(CNc2nc(COC)nc3scc(-c4ccccc4)c23)c1. The number of benzene rings is 2. The predicted octanol–water partition coefficient (Wildman–Crippen LogP) is 4.70. The fourth-order valence-corrected chi connectivity index (χ4v) is 4.38. The maximum atomic E-state index is 11.8. The van der Waals surface area contributed by atoms with Crippen LogP contribution in [-0.2, 0) is 27.4 Å². The molecular formula is C24H24N4O3S. The minimum absolute atomic E-state index is 0.0179. The van der Waals surface area contributed by atoms with Crippen molar-refractivity contribution in [3.8, 4) is 11.1 Å². The van der Waals surface area contributed by atoms with Crippen molar-refractivity contribution in [2.24, 2.45) is 0 Å². The maximum Gasteiger partial charge on any atom is 0.250 e. The van der Waals surface area contributed by atoms with Gasteiger partial charge in [-0.3, -0.25) is 4.79 Å². The molecule has 0 aliphatic heterocycles. The van der Waals surface area contributed by atoms with E-state index in [9.17, 15) is 4.79 Å². The molecule has 0 aliphatic carbocycles. The molecule has 8 heteroatoms. The van der Waals surface area contributed by atoms with E-state index < -0.39 is 0 Å². The highest BCUT2D eigenvalue weighted by Gasteiger charge is 2.15. The number of methoxy groups -OCH3 is 2. The topological polar surface area (TPSA) is 85.4 Å². The van der Waals surface area contributed by atoms with Crippen LogP contribution in [0.2, 0.25) is 0 Å². The average Bonchev–Trinajstić information content (AvgIpc) is 3.23. The molecule has 0 unspecified atom stereocenters. The number of hydrogen-bond acceptors (Lipinski definition) is 7. The van der Waals surface area contributed by atoms with E-state index >= 15 is 0 Å². The molecule has 164 valence electrons. The third kappa shape index (κ3) is 5.11. The number of rotatable bonds is 9. The zero-order valence-corrected chi connectivity index (χ0v) is 18.7. The van der Waals surface area contributed by atoms with Crippen LogP contribution in [0.5, 0.6) is 0 Å². The van der Waals surface area contributed by atoms with Gasteiger partial charge in [-0.15, -0.1) is 11.3 Å². The Bertz CT molecular complexity index is 1210. The van der Waals surface area contributed by atoms with Gasteiger partial charge in [-0.05, 0) is 23.3 Å². The molecule has 4 aromatic rings. The third-order valence-corrected chi connectivity index (χ3v) is 5.66. The minimum Gasteiger partial charge on any atom is -0.377 e. The number of nitrogens with zero attached hydrogens (tertiary/aromatic N) is 2. The molecule has 0 radical (unpaired) electrons. The summed E-state index contributed by atoms with van der Waals surface area (Å²) in [6, 6.07) is 17.9. The summed E-state index contributed by atoms with van der Waals surface area (Å²) >= 11 is 1.59. The Morgan fingerprint density at radius 3 is 2.66 bits per heavy atom. The Morgan fingerprint density at radius 1 is 1.03 bits per heavy atom. The second-order valence-corrected chi connectivity index (χ2v) is 8.01. The Labute approximate surface area is 190 Å². The van der Waals surface area contributed by atoms with Gasteiger partial charge in [-0.2, -0.15) is 0 Å². The summed E-state index contributed by atoms with van der Waals surface area (Å²) in [5, 5.41) is 9.40. The highest BCUT2D eigenvalue weighted by Crippen LogP contribution is 2.37. The summed E-state index contributed by atoms with van der Waals surface area (Å²) in [6.07, 6.45) is 0. The molecule has 0 atom stereocenters. The Kier molecular flexibility index (Phi) is 7.06. The van der Waals surface area contributed by atoms with Gasteiger partial charge in [0.1, 0.15) is 23.9 Å². The van der Waals surface area contributed by atoms with Gasteiger partial charge in [0.25, 0.3) is 0 Å². The number of thiophene rings is 1. The lowest BCUT2D eigenvalue weighted by Crippen LogP contribution is -2.17. The van der Waals surface area contributed by atoms with Crippen LogP contribution in [0.25, 0.3) is 21.3 Å². The minimum atomic E-state index is -0.190. The number of anilines is 2. The number of aromatic nitrogens is 2. The lowest BCUT2D eigenvalue weighted by Gasteiger charge is -2.12. The van der Waals surface area contributed by atoms with Crippen LogP contribution in [0.15, 0.2) is 60.0 Å². The van der Waals surface area contributed by atoms with Gasteiger partial charge in [-0.25, -0.2) is 9.97 Å². The highest BCUT2D eigenvalue weighted by molar-refractivity contribution is 7.17. The van der Waals surface area contributed by atoms with Crippen LogP contribution in [0.4, 0.5) is 11.5 Å². The Morgan fingerprint density at radius 2 is 1.88 bits per heavy atom. The van der Waals surface area contributed by atoms with Gasteiger partial charge in [-0.1, -0.05) is 42.5 Å². The van der Waals surface area contributed by atoms with Crippen molar-refractivity contribution < 1.29 is 14.3 Å². The summed E-state index contributed by atoms with van der Waals surface area (Å²) in [4.78, 5) is 22.1. The summed E-state index contributed by atoms with van der Waals surface area (Å²) in [5.41, 5.74) is 3.95. The molecule has 2 heterocycles. The summed E-state index contributed by atoms with van der Waals surface area (Å²) in [5.74, 6) is 1.20. The predicted molar refractivity (Wildman–Crippen MR) is 128 cm³/mol. The van der Waals surface area contributed by atoms with E-state index in [0.29, 0.717) is 19.0 Å². The fourth-order valence-electron chi connectivity index (χ4n) is 3.41. The second kappa shape index (κ2) is 10.3. The van der Waals surface area contributed by atoms with Crippen molar-refractivity contribution in [1.29, 1.82) is 0 Å². The van der Waals surface area contributed by atoms with Crippen molar-refractivity contribution >= 4 is 39.0 Å². The van der Waals surface area contributed by atoms with E-state index in [-0.39, 0.29) is 12.5 Å². The molecule has 7 nitrogen and oxygen atoms in total. The molecule has 2 aromatic carbocycles. The average molecular weight is 449 g/mol. The number of ether oxygens (including phenoxy) is 2. The standard InChI is InChI=1S/C24H24N4O3S/c1-30-13-20-27-23(22-19(15-32-24(22)28-20)17-8-4-3-5-9-17)25-12-16-7-6-10-18(11-16)26-21(29)14-31-2/h3-11,15H,12-14H2,1-2H3,(H,26,29)(H,25,27,28). The summed E-state index contributed by atoms with van der Waals surface area (Å²) in [6.45, 7) is 0.894. The third-order valence-electron chi connectivity index (χ3n) is 4.78. The molecular weight excluding hydrogens is 424 g/mol. The smallest absolute Gasteiger partial charge is 0.250 e. The fraction of sp³-hybridized carbons (Fsp3) is 0.208. The number of carbonyl (C=O) groups excluding carboxylic acids is 1. The number of nitrogens with one attached hydrogen (secondary N) is 2. The second-order valence-electron chi connectivity index (χ2n) is 7.15. The first-order chi connectivity index (χ1) is 15.7. The van der Waals surface area contributed by atoms with Crippen LogP contribution < -0.4 is 10.6 Å². The summed E-state index contributed by atoms with van der Waals surface area (Å²) < 4.78 is 10.1. The van der Waals surface area contributed by atoms with Gasteiger partial charge in [0.15, 0.2) is 5.82 Å². The van der Waals surface area contributed by atoms with Gasteiger partial charge >= 0.3 is 0 Å². The highest BCUT2D eigenvalue weighted by atomic mass is 32.1. The quantitative estimate of drug-likeness (QED) is 0.386. The molecule has 1 amide bonds. The maximum absolute atomic E-state index is 11.8. The van der Waals surface area contributed by atoms with Crippen LogP contribution >= 0.6 is 11.3 Å². The van der Waals surface area contributed by atoms with Crippen molar-refractivity contribution in [3.05, 3.63) is 71.4 Å². The zero-order chi connectivity index (χ0) is 22.3. The van der Waals surface area contributed by atoms with E-state index in [1.165, 1.54) is 7.11 Å². The Balaban J connectivity index is 1.63. The monoisotopic (exact) mass is 448 g/mol. The van der Waals surface area contributed by atoms with Gasteiger partial charge < -0.3 is 20.1 Å². The van der Waals surface area contributed by atoms with Crippen LogP contribution in [-0.4, -0.2) is 36.7 Å². The van der Waals surface area contributed by atoms with Crippen LogP contribution in [0, 0.1) is 0 Å². The van der Waals surface area contributed by atoms with Crippen molar-refractivity contribution in [3.63, 3.8) is 0 Å². The molecule has 2 N–H and O–H groups in total. The van der Waals surface area contributed by atoms with E-state index in [4.69, 9.17) is 14.5 Å². The molecule has 0 spiro atoms. The van der Waals surface area contributed by atoms with Crippen molar-refractivity contribution in [1.82, 2.24) is 9.97 Å². The molecule has 0 saturated carbocycles. The molecule has 2 aromatic heterocycles. The van der Waals surface area contributed by atoms with E-state index in [0.717, 1.165) is 38.4 Å². The molecule has 32 heavy (non-hydrogen) atoms. The lowest BCUT2D eigenvalue weighted by molar-refractivity contribution is -0.119. The van der Waals surface area contributed by atoms with Crippen LogP contribution in [0.1, 0.15) is 11.4 Å². The molecule has 4 rings (SSSR count). The number of fused-ring (bicyclic) bond motifs is 1. The lowest BCUT2D eigenvalue weighted by atomic mass is 10.1. The number of amides is 1. The van der Waals surface area contributed by atoms with Crippen molar-refractivity contribution in [2.45, 2.75) is 13.2 Å². The number of carbonyl (C=O) groups is 1. The first-order valence-corrected chi connectivity index (χ1v) is 11.0. The largest absolute Gasteiger partial charge is 0.377 e. The van der Waals surface area contributed by atoms with E-state index in [2.05, 4.69) is 33.1 Å². The zero-order valence-electron chi connectivity index (χ0n) is 17.9. The molecule has 0 aliphatic rings. The number of hydrogen-bond donors (Lipinski definition) is 2. The Hall–Kier alpha value is -3.33. The van der Waals surface area contributed by atoms with Gasteiger partial charge in [0.2, 0.25) is 5.91 Å². The molecule has 0 saturated heterocycles. The van der Waals surface area contributed by atoms with Gasteiger partial charge in [0.05, 0.1) is 5.39 Å². The van der Waals surface area contributed by atoms with E-state index in [1.54, 1.807) is 18.4 Å². The first kappa shape index (κ1) is 21.9. The molecule has 0 bridgehead atoms. The normalized spacial score (nSPS) is 10.9. The summed E-state index contributed by atoms with van der Waals surface area (Å²) in [7, 11) is 3.13.